The van der Waals surface area contributed by atoms with E-state index in [0.29, 0.717) is 12.0 Å². The number of halogens is 1. The molecule has 5 heteroatoms. The van der Waals surface area contributed by atoms with E-state index in [1.807, 2.05) is 0 Å². The summed E-state index contributed by atoms with van der Waals surface area (Å²) < 4.78 is 0.846. The van der Waals surface area contributed by atoms with Gasteiger partial charge < -0.3 is 5.11 Å². The van der Waals surface area contributed by atoms with Crippen LogP contribution in [0.3, 0.4) is 0 Å². The molecule has 0 aromatic heterocycles. The Bertz CT molecular complexity index is 461. The lowest BCUT2D eigenvalue weighted by atomic mass is 10.1. The molecule has 2 N–H and O–H groups in total. The normalized spacial score (nSPS) is 10.9. The van der Waals surface area contributed by atoms with Crippen molar-refractivity contribution >= 4 is 28.1 Å². The van der Waals surface area contributed by atoms with Gasteiger partial charge in [-0.25, -0.2) is 5.43 Å². The molecule has 20 heavy (non-hydrogen) atoms. The largest absolute Gasteiger partial charge is 0.507 e. The monoisotopic (exact) mass is 340 g/mol. The molecule has 0 radical (unpaired) electrons. The number of phenols is 1. The third-order valence-electron chi connectivity index (χ3n) is 2.89. The van der Waals surface area contributed by atoms with Crippen LogP contribution in [-0.2, 0) is 4.79 Å². The van der Waals surface area contributed by atoms with Crippen LogP contribution < -0.4 is 5.43 Å². The summed E-state index contributed by atoms with van der Waals surface area (Å²) in [7, 11) is 0. The van der Waals surface area contributed by atoms with E-state index in [2.05, 4.69) is 33.4 Å². The molecule has 0 atom stereocenters. The molecule has 0 unspecified atom stereocenters. The number of unbranched alkanes of at least 4 members (excludes halogenated alkanes) is 4. The fourth-order valence-electron chi connectivity index (χ4n) is 1.75. The molecule has 110 valence electrons. The second kappa shape index (κ2) is 9.53. The van der Waals surface area contributed by atoms with E-state index in [0.717, 1.165) is 17.3 Å². The van der Waals surface area contributed by atoms with Gasteiger partial charge in [0.1, 0.15) is 5.75 Å². The lowest BCUT2D eigenvalue weighted by Gasteiger charge is -2.01. The molecule has 0 aliphatic heterocycles. The first kappa shape index (κ1) is 16.7. The second-order valence-corrected chi connectivity index (χ2v) is 5.58. The van der Waals surface area contributed by atoms with Crippen LogP contribution in [0.2, 0.25) is 0 Å². The molecule has 0 heterocycles. The molecule has 1 rings (SSSR count). The van der Waals surface area contributed by atoms with Gasteiger partial charge in [-0.15, -0.1) is 0 Å². The van der Waals surface area contributed by atoms with E-state index in [1.165, 1.54) is 25.5 Å². The summed E-state index contributed by atoms with van der Waals surface area (Å²) in [4.78, 5) is 11.5. The van der Waals surface area contributed by atoms with Crippen molar-refractivity contribution in [2.24, 2.45) is 5.10 Å². The average molecular weight is 341 g/mol. The standard InChI is InChI=1S/C15H21BrN2O2/c1-2-3-4-5-6-7-15(20)18-17-11-12-10-13(16)8-9-14(12)19/h8-11,19H,2-7H2,1H3,(H,18,20)/b17-11-. The van der Waals surface area contributed by atoms with Crippen LogP contribution in [0.4, 0.5) is 0 Å². The highest BCUT2D eigenvalue weighted by atomic mass is 79.9. The first-order valence-electron chi connectivity index (χ1n) is 6.94. The molecule has 0 aliphatic carbocycles. The Labute approximate surface area is 128 Å². The quantitative estimate of drug-likeness (QED) is 0.427. The molecular formula is C15H21BrN2O2. The molecular weight excluding hydrogens is 320 g/mol. The minimum absolute atomic E-state index is 0.0905. The van der Waals surface area contributed by atoms with Crippen molar-refractivity contribution in [3.05, 3.63) is 28.2 Å². The van der Waals surface area contributed by atoms with E-state index in [4.69, 9.17) is 0 Å². The number of hydrazone groups is 1. The fourth-order valence-corrected chi connectivity index (χ4v) is 2.13. The van der Waals surface area contributed by atoms with E-state index in [9.17, 15) is 9.90 Å². The lowest BCUT2D eigenvalue weighted by Crippen LogP contribution is -2.16. The molecule has 0 fully saturated rings. The Morgan fingerprint density at radius 3 is 2.85 bits per heavy atom. The Morgan fingerprint density at radius 1 is 1.35 bits per heavy atom. The SMILES string of the molecule is CCCCCCCC(=O)N/N=C\c1cc(Br)ccc1O. The van der Waals surface area contributed by atoms with Crippen LogP contribution in [0.1, 0.15) is 51.0 Å². The Balaban J connectivity index is 2.29. The summed E-state index contributed by atoms with van der Waals surface area (Å²) in [5, 5.41) is 13.5. The zero-order valence-electron chi connectivity index (χ0n) is 11.7. The summed E-state index contributed by atoms with van der Waals surface area (Å²) in [5.41, 5.74) is 3.03. The minimum atomic E-state index is -0.0905. The number of rotatable bonds is 8. The fraction of sp³-hybridized carbons (Fsp3) is 0.467. The molecule has 0 bridgehead atoms. The van der Waals surface area contributed by atoms with Crippen molar-refractivity contribution in [3.63, 3.8) is 0 Å². The number of benzene rings is 1. The van der Waals surface area contributed by atoms with E-state index >= 15 is 0 Å². The van der Waals surface area contributed by atoms with Gasteiger partial charge in [0.05, 0.1) is 6.21 Å². The highest BCUT2D eigenvalue weighted by molar-refractivity contribution is 9.10. The Morgan fingerprint density at radius 2 is 2.10 bits per heavy atom. The summed E-state index contributed by atoms with van der Waals surface area (Å²) in [6.45, 7) is 2.17. The van der Waals surface area contributed by atoms with Crippen LogP contribution in [-0.4, -0.2) is 17.2 Å². The maximum atomic E-state index is 11.5. The van der Waals surface area contributed by atoms with Gasteiger partial charge in [-0.1, -0.05) is 48.5 Å². The van der Waals surface area contributed by atoms with Crippen molar-refractivity contribution in [3.8, 4) is 5.75 Å². The van der Waals surface area contributed by atoms with Gasteiger partial charge in [0.15, 0.2) is 0 Å². The third kappa shape index (κ3) is 6.70. The zero-order chi connectivity index (χ0) is 14.8. The highest BCUT2D eigenvalue weighted by Gasteiger charge is 2.01. The molecule has 0 aliphatic rings. The average Bonchev–Trinajstić information content (AvgIpc) is 2.42. The van der Waals surface area contributed by atoms with Crippen molar-refractivity contribution in [1.82, 2.24) is 5.43 Å². The number of carbonyl (C=O) groups excluding carboxylic acids is 1. The number of aromatic hydroxyl groups is 1. The van der Waals surface area contributed by atoms with Crippen LogP contribution in [0, 0.1) is 0 Å². The number of carbonyl (C=O) groups is 1. The minimum Gasteiger partial charge on any atom is -0.507 e. The number of nitrogens with one attached hydrogen (secondary N) is 1. The first-order chi connectivity index (χ1) is 9.63. The second-order valence-electron chi connectivity index (χ2n) is 4.66. The van der Waals surface area contributed by atoms with Crippen molar-refractivity contribution < 1.29 is 9.90 Å². The molecule has 1 amide bonds. The van der Waals surface area contributed by atoms with Crippen LogP contribution in [0.25, 0.3) is 0 Å². The number of hydrogen-bond acceptors (Lipinski definition) is 3. The summed E-state index contributed by atoms with van der Waals surface area (Å²) >= 11 is 3.31. The topological polar surface area (TPSA) is 61.7 Å². The van der Waals surface area contributed by atoms with Gasteiger partial charge in [0.25, 0.3) is 0 Å². The molecule has 0 saturated heterocycles. The van der Waals surface area contributed by atoms with Gasteiger partial charge in [0, 0.05) is 16.5 Å². The van der Waals surface area contributed by atoms with Crippen LogP contribution in [0.5, 0.6) is 5.75 Å². The maximum Gasteiger partial charge on any atom is 0.240 e. The van der Waals surface area contributed by atoms with Crippen molar-refractivity contribution in [1.29, 1.82) is 0 Å². The third-order valence-corrected chi connectivity index (χ3v) is 3.38. The Hall–Kier alpha value is -1.36. The van der Waals surface area contributed by atoms with Crippen molar-refractivity contribution in [2.75, 3.05) is 0 Å². The number of amides is 1. The molecule has 1 aromatic carbocycles. The van der Waals surface area contributed by atoms with E-state index < -0.39 is 0 Å². The Kier molecular flexibility index (Phi) is 7.95. The molecule has 4 nitrogen and oxygen atoms in total. The number of phenolic OH excluding ortho intramolecular Hbond substituents is 1. The predicted octanol–water partition coefficient (Wildman–Crippen LogP) is 3.97. The smallest absolute Gasteiger partial charge is 0.240 e. The summed E-state index contributed by atoms with van der Waals surface area (Å²) in [5.74, 6) is 0.0398. The van der Waals surface area contributed by atoms with Gasteiger partial charge >= 0.3 is 0 Å². The summed E-state index contributed by atoms with van der Waals surface area (Å²) in [6, 6.07) is 5.04. The molecule has 0 spiro atoms. The lowest BCUT2D eigenvalue weighted by molar-refractivity contribution is -0.121. The van der Waals surface area contributed by atoms with Gasteiger partial charge in [-0.2, -0.15) is 5.10 Å². The van der Waals surface area contributed by atoms with Gasteiger partial charge in [0.2, 0.25) is 5.91 Å². The van der Waals surface area contributed by atoms with Gasteiger partial charge in [-0.05, 0) is 24.6 Å². The van der Waals surface area contributed by atoms with Gasteiger partial charge in [-0.3, -0.25) is 4.79 Å². The number of hydrogen-bond donors (Lipinski definition) is 2. The number of nitrogens with zero attached hydrogens (tertiary/aromatic N) is 1. The summed E-state index contributed by atoms with van der Waals surface area (Å²) in [6.07, 6.45) is 7.51. The van der Waals surface area contributed by atoms with E-state index in [1.54, 1.807) is 18.2 Å². The van der Waals surface area contributed by atoms with Crippen LogP contribution in [0.15, 0.2) is 27.8 Å². The predicted molar refractivity (Wildman–Crippen MR) is 84.9 cm³/mol. The van der Waals surface area contributed by atoms with Crippen molar-refractivity contribution in [2.45, 2.75) is 45.4 Å². The first-order valence-corrected chi connectivity index (χ1v) is 7.73. The van der Waals surface area contributed by atoms with E-state index in [-0.39, 0.29) is 11.7 Å². The molecule has 1 aromatic rings. The highest BCUT2D eigenvalue weighted by Crippen LogP contribution is 2.19. The molecule has 0 saturated carbocycles. The maximum absolute atomic E-state index is 11.5. The van der Waals surface area contributed by atoms with Crippen LogP contribution >= 0.6 is 15.9 Å². The zero-order valence-corrected chi connectivity index (χ0v) is 13.3.